The molecule has 0 aliphatic carbocycles. The topological polar surface area (TPSA) is 84.2 Å². The van der Waals surface area contributed by atoms with Crippen molar-refractivity contribution in [3.05, 3.63) is 0 Å². The highest BCUT2D eigenvalue weighted by Crippen LogP contribution is 2.09. The fourth-order valence-electron chi connectivity index (χ4n) is 1.64. The first-order valence-electron chi connectivity index (χ1n) is 5.04. The number of urea groups is 1. The van der Waals surface area contributed by atoms with Crippen molar-refractivity contribution >= 4 is 11.9 Å². The maximum Gasteiger partial charge on any atom is 0.318 e. The van der Waals surface area contributed by atoms with Gasteiger partial charge in [0.05, 0.1) is 6.04 Å². The molecule has 1 aliphatic heterocycles. The molecule has 80 valence electrons. The third kappa shape index (κ3) is 3.74. The standard InChI is InChI=1S/C9H17N3O2/c10-9(14)12-8(13)7-5-3-1-2-4-6-11-7/h7,11H,1-6H2,(H3,10,12,13,14). The molecule has 0 aromatic heterocycles. The largest absolute Gasteiger partial charge is 0.351 e. The Hall–Kier alpha value is -1.10. The van der Waals surface area contributed by atoms with E-state index in [1.165, 1.54) is 6.42 Å². The molecule has 1 aliphatic rings. The lowest BCUT2D eigenvalue weighted by Gasteiger charge is -2.19. The van der Waals surface area contributed by atoms with Crippen LogP contribution in [0.3, 0.4) is 0 Å². The highest BCUT2D eigenvalue weighted by molar-refractivity contribution is 5.96. The Kier molecular flexibility index (Phi) is 4.39. The van der Waals surface area contributed by atoms with E-state index in [1.807, 2.05) is 0 Å². The van der Waals surface area contributed by atoms with Crippen LogP contribution in [0, 0.1) is 0 Å². The van der Waals surface area contributed by atoms with Crippen molar-refractivity contribution in [2.24, 2.45) is 5.73 Å². The van der Waals surface area contributed by atoms with Crippen LogP contribution in [0.15, 0.2) is 0 Å². The van der Waals surface area contributed by atoms with Gasteiger partial charge in [-0.3, -0.25) is 10.1 Å². The molecular weight excluding hydrogens is 182 g/mol. The van der Waals surface area contributed by atoms with Gasteiger partial charge >= 0.3 is 6.03 Å². The number of amides is 3. The fourth-order valence-corrected chi connectivity index (χ4v) is 1.64. The van der Waals surface area contributed by atoms with Gasteiger partial charge in [-0.25, -0.2) is 4.79 Å². The zero-order valence-electron chi connectivity index (χ0n) is 8.21. The van der Waals surface area contributed by atoms with Crippen molar-refractivity contribution < 1.29 is 9.59 Å². The Balaban J connectivity index is 2.38. The minimum Gasteiger partial charge on any atom is -0.351 e. The van der Waals surface area contributed by atoms with Crippen molar-refractivity contribution in [3.8, 4) is 0 Å². The average molecular weight is 199 g/mol. The van der Waals surface area contributed by atoms with Gasteiger partial charge in [0.25, 0.3) is 0 Å². The number of imide groups is 1. The Labute approximate surface area is 83.4 Å². The molecular formula is C9H17N3O2. The molecule has 3 amide bonds. The van der Waals surface area contributed by atoms with Crippen LogP contribution in [0.25, 0.3) is 0 Å². The molecule has 5 heteroatoms. The van der Waals surface area contributed by atoms with Gasteiger partial charge in [0, 0.05) is 0 Å². The van der Waals surface area contributed by atoms with Crippen molar-refractivity contribution in [1.29, 1.82) is 0 Å². The number of primary amides is 1. The van der Waals surface area contributed by atoms with E-state index < -0.39 is 6.03 Å². The van der Waals surface area contributed by atoms with E-state index in [2.05, 4.69) is 10.6 Å². The summed E-state index contributed by atoms with van der Waals surface area (Å²) in [5, 5.41) is 5.20. The number of hydrogen-bond acceptors (Lipinski definition) is 3. The molecule has 0 radical (unpaired) electrons. The first-order valence-corrected chi connectivity index (χ1v) is 5.04. The summed E-state index contributed by atoms with van der Waals surface area (Å²) >= 11 is 0. The Bertz CT molecular complexity index is 210. The van der Waals surface area contributed by atoms with Gasteiger partial charge in [0.15, 0.2) is 0 Å². The molecule has 14 heavy (non-hydrogen) atoms. The number of hydrogen-bond donors (Lipinski definition) is 3. The normalized spacial score (nSPS) is 23.3. The smallest absolute Gasteiger partial charge is 0.318 e. The SMILES string of the molecule is NC(=O)NC(=O)C1CCCCCCN1. The highest BCUT2D eigenvalue weighted by Gasteiger charge is 2.19. The van der Waals surface area contributed by atoms with Gasteiger partial charge in [-0.2, -0.15) is 0 Å². The number of nitrogens with two attached hydrogens (primary N) is 1. The highest BCUT2D eigenvalue weighted by atomic mass is 16.2. The van der Waals surface area contributed by atoms with Gasteiger partial charge in [0.1, 0.15) is 0 Å². The number of rotatable bonds is 1. The Morgan fingerprint density at radius 1 is 1.21 bits per heavy atom. The van der Waals surface area contributed by atoms with Gasteiger partial charge in [-0.1, -0.05) is 19.3 Å². The molecule has 1 unspecified atom stereocenters. The molecule has 5 nitrogen and oxygen atoms in total. The molecule has 0 aromatic carbocycles. The van der Waals surface area contributed by atoms with Gasteiger partial charge in [-0.05, 0) is 19.4 Å². The molecule has 1 fully saturated rings. The average Bonchev–Trinajstić information content (AvgIpc) is 2.00. The van der Waals surface area contributed by atoms with Crippen molar-refractivity contribution in [2.45, 2.75) is 38.1 Å². The molecule has 4 N–H and O–H groups in total. The summed E-state index contributed by atoms with van der Waals surface area (Å²) in [6.07, 6.45) is 5.24. The maximum atomic E-state index is 11.4. The maximum absolute atomic E-state index is 11.4. The van der Waals surface area contributed by atoms with Crippen LogP contribution in [0.2, 0.25) is 0 Å². The lowest BCUT2D eigenvalue weighted by atomic mass is 10.0. The summed E-state index contributed by atoms with van der Waals surface area (Å²) in [5.74, 6) is -0.306. The Morgan fingerprint density at radius 3 is 2.64 bits per heavy atom. The van der Waals surface area contributed by atoms with Gasteiger partial charge in [0.2, 0.25) is 5.91 Å². The zero-order valence-corrected chi connectivity index (χ0v) is 8.21. The van der Waals surface area contributed by atoms with E-state index in [0.717, 1.165) is 32.2 Å². The lowest BCUT2D eigenvalue weighted by Crippen LogP contribution is -2.48. The number of carbonyl (C=O) groups is 2. The van der Waals surface area contributed by atoms with Crippen LogP contribution >= 0.6 is 0 Å². The predicted molar refractivity (Wildman–Crippen MR) is 52.6 cm³/mol. The van der Waals surface area contributed by atoms with Gasteiger partial charge in [-0.15, -0.1) is 0 Å². The molecule has 1 atom stereocenters. The quantitative estimate of drug-likeness (QED) is 0.560. The molecule has 0 bridgehead atoms. The van der Waals surface area contributed by atoms with E-state index >= 15 is 0 Å². The predicted octanol–water partition coefficient (Wildman–Crippen LogP) is 0.104. The lowest BCUT2D eigenvalue weighted by molar-refractivity contribution is -0.122. The molecule has 1 saturated heterocycles. The third-order valence-corrected chi connectivity index (χ3v) is 2.37. The molecule has 1 heterocycles. The van der Waals surface area contributed by atoms with Crippen LogP contribution in [-0.2, 0) is 4.79 Å². The second kappa shape index (κ2) is 5.59. The molecule has 0 spiro atoms. The summed E-state index contributed by atoms with van der Waals surface area (Å²) in [4.78, 5) is 21.9. The minimum atomic E-state index is -0.779. The first kappa shape index (κ1) is 11.0. The summed E-state index contributed by atoms with van der Waals surface area (Å²) in [5.41, 5.74) is 4.87. The van der Waals surface area contributed by atoms with E-state index in [-0.39, 0.29) is 11.9 Å². The monoisotopic (exact) mass is 199 g/mol. The summed E-state index contributed by atoms with van der Waals surface area (Å²) in [6, 6.07) is -1.04. The van der Waals surface area contributed by atoms with Crippen LogP contribution in [-0.4, -0.2) is 24.5 Å². The van der Waals surface area contributed by atoms with E-state index in [1.54, 1.807) is 0 Å². The van der Waals surface area contributed by atoms with Crippen LogP contribution in [0.4, 0.5) is 4.79 Å². The second-order valence-corrected chi connectivity index (χ2v) is 3.56. The van der Waals surface area contributed by atoms with Crippen LogP contribution in [0.1, 0.15) is 32.1 Å². The van der Waals surface area contributed by atoms with Crippen molar-refractivity contribution in [3.63, 3.8) is 0 Å². The fraction of sp³-hybridized carbons (Fsp3) is 0.778. The summed E-state index contributed by atoms with van der Waals surface area (Å²) < 4.78 is 0. The molecule has 1 rings (SSSR count). The van der Waals surface area contributed by atoms with Crippen LogP contribution in [0.5, 0.6) is 0 Å². The van der Waals surface area contributed by atoms with Gasteiger partial charge < -0.3 is 11.1 Å². The number of nitrogens with one attached hydrogen (secondary N) is 2. The van der Waals surface area contributed by atoms with Crippen LogP contribution < -0.4 is 16.4 Å². The summed E-state index contributed by atoms with van der Waals surface area (Å²) in [6.45, 7) is 0.830. The van der Waals surface area contributed by atoms with Crippen molar-refractivity contribution in [2.75, 3.05) is 6.54 Å². The minimum absolute atomic E-state index is 0.261. The number of carbonyl (C=O) groups excluding carboxylic acids is 2. The molecule has 0 saturated carbocycles. The third-order valence-electron chi connectivity index (χ3n) is 2.37. The first-order chi connectivity index (χ1) is 6.70. The Morgan fingerprint density at radius 2 is 1.93 bits per heavy atom. The zero-order chi connectivity index (χ0) is 10.4. The van der Waals surface area contributed by atoms with E-state index in [9.17, 15) is 9.59 Å². The van der Waals surface area contributed by atoms with E-state index in [4.69, 9.17) is 5.73 Å². The molecule has 0 aromatic rings. The second-order valence-electron chi connectivity index (χ2n) is 3.56. The van der Waals surface area contributed by atoms with E-state index in [0.29, 0.717) is 0 Å². The van der Waals surface area contributed by atoms with Crippen molar-refractivity contribution in [1.82, 2.24) is 10.6 Å². The summed E-state index contributed by atoms with van der Waals surface area (Å²) in [7, 11) is 0.